The van der Waals surface area contributed by atoms with Gasteiger partial charge in [0.15, 0.2) is 0 Å². The van der Waals surface area contributed by atoms with E-state index >= 15 is 0 Å². The lowest BCUT2D eigenvalue weighted by Gasteiger charge is -2.26. The Bertz CT molecular complexity index is 1090. The van der Waals surface area contributed by atoms with E-state index in [0.29, 0.717) is 5.69 Å². The second-order valence-electron chi connectivity index (χ2n) is 5.80. The number of nitro groups is 1. The lowest BCUT2D eigenvalue weighted by Crippen LogP contribution is -2.20. The molecule has 0 fully saturated rings. The van der Waals surface area contributed by atoms with Crippen molar-refractivity contribution in [2.75, 3.05) is 9.62 Å². The highest BCUT2D eigenvalue weighted by molar-refractivity contribution is 9.10. The van der Waals surface area contributed by atoms with E-state index in [1.807, 2.05) is 0 Å². The van der Waals surface area contributed by atoms with E-state index in [1.54, 1.807) is 36.4 Å². The van der Waals surface area contributed by atoms with Crippen LogP contribution in [0.15, 0.2) is 77.3 Å². The lowest BCUT2D eigenvalue weighted by atomic mass is 10.1. The molecule has 0 bridgehead atoms. The van der Waals surface area contributed by atoms with Crippen LogP contribution in [0, 0.1) is 10.1 Å². The van der Waals surface area contributed by atoms with E-state index in [0.717, 1.165) is 8.78 Å². The number of carbonyl (C=O) groups excluding carboxylic acids is 1. The Labute approximate surface area is 176 Å². The van der Waals surface area contributed by atoms with Crippen LogP contribution in [0.5, 0.6) is 0 Å². The number of amides is 1. The number of benzene rings is 3. The minimum absolute atomic E-state index is 0.153. The molecule has 148 valence electrons. The zero-order chi connectivity index (χ0) is 21.0. The van der Waals surface area contributed by atoms with Crippen molar-refractivity contribution in [3.8, 4) is 0 Å². The van der Waals surface area contributed by atoms with Crippen LogP contribution >= 0.6 is 15.9 Å². The second kappa shape index (κ2) is 8.95. The Morgan fingerprint density at radius 2 is 1.69 bits per heavy atom. The molecule has 10 heteroatoms. The van der Waals surface area contributed by atoms with Gasteiger partial charge in [-0.3, -0.25) is 23.4 Å². The first-order valence-corrected chi connectivity index (χ1v) is 9.98. The SMILES string of the molecule is O=C(Nc1cccc([N+](=O)[O-])c1)c1cccc(N(c2ccc(Br)cc2)S(=O)[O-])c1. The number of nitrogens with zero attached hydrogens (tertiary/aromatic N) is 2. The number of non-ortho nitro benzene ring substituents is 1. The van der Waals surface area contributed by atoms with Gasteiger partial charge in [-0.2, -0.15) is 0 Å². The van der Waals surface area contributed by atoms with Crippen LogP contribution in [0.2, 0.25) is 0 Å². The number of halogens is 1. The summed E-state index contributed by atoms with van der Waals surface area (Å²) in [5.74, 6) is -0.528. The molecule has 0 aliphatic heterocycles. The molecule has 3 aromatic rings. The zero-order valence-corrected chi connectivity index (χ0v) is 17.1. The van der Waals surface area contributed by atoms with Gasteiger partial charge in [-0.1, -0.05) is 28.1 Å². The molecule has 0 radical (unpaired) electrons. The fraction of sp³-hybridized carbons (Fsp3) is 0. The van der Waals surface area contributed by atoms with Crippen molar-refractivity contribution < 1.29 is 18.5 Å². The average Bonchev–Trinajstić information content (AvgIpc) is 2.70. The highest BCUT2D eigenvalue weighted by atomic mass is 79.9. The molecule has 0 spiro atoms. The van der Waals surface area contributed by atoms with Gasteiger partial charge in [0, 0.05) is 27.9 Å². The van der Waals surface area contributed by atoms with Crippen LogP contribution in [-0.2, 0) is 11.3 Å². The van der Waals surface area contributed by atoms with Crippen molar-refractivity contribution in [3.05, 3.63) is 92.9 Å². The molecule has 29 heavy (non-hydrogen) atoms. The highest BCUT2D eigenvalue weighted by Gasteiger charge is 2.14. The number of nitrogens with one attached hydrogen (secondary N) is 1. The summed E-state index contributed by atoms with van der Waals surface area (Å²) in [4.78, 5) is 22.9. The molecule has 8 nitrogen and oxygen atoms in total. The molecule has 1 atom stereocenters. The number of rotatable bonds is 6. The fourth-order valence-electron chi connectivity index (χ4n) is 2.57. The molecular formula is C19H13BrN3O5S-. The van der Waals surface area contributed by atoms with Crippen LogP contribution in [-0.4, -0.2) is 19.6 Å². The number of hydrogen-bond donors (Lipinski definition) is 1. The lowest BCUT2D eigenvalue weighted by molar-refractivity contribution is -0.384. The minimum atomic E-state index is -2.62. The summed E-state index contributed by atoms with van der Waals surface area (Å²) >= 11 is 0.678. The van der Waals surface area contributed by atoms with E-state index < -0.39 is 22.1 Å². The van der Waals surface area contributed by atoms with E-state index in [2.05, 4.69) is 21.2 Å². The second-order valence-corrected chi connectivity index (χ2v) is 7.51. The molecule has 1 unspecified atom stereocenters. The Balaban J connectivity index is 1.88. The summed E-state index contributed by atoms with van der Waals surface area (Å²) in [5, 5.41) is 13.4. The maximum absolute atomic E-state index is 12.6. The van der Waals surface area contributed by atoms with E-state index in [1.165, 1.54) is 36.4 Å². The van der Waals surface area contributed by atoms with Crippen LogP contribution in [0.25, 0.3) is 0 Å². The van der Waals surface area contributed by atoms with Crippen LogP contribution in [0.4, 0.5) is 22.7 Å². The zero-order valence-electron chi connectivity index (χ0n) is 14.7. The van der Waals surface area contributed by atoms with E-state index in [4.69, 9.17) is 0 Å². The molecule has 0 saturated carbocycles. The Morgan fingerprint density at radius 3 is 2.34 bits per heavy atom. The van der Waals surface area contributed by atoms with Gasteiger partial charge >= 0.3 is 0 Å². The average molecular weight is 475 g/mol. The third-order valence-corrected chi connectivity index (χ3v) is 5.12. The largest absolute Gasteiger partial charge is 0.755 e. The quantitative estimate of drug-likeness (QED) is 0.319. The minimum Gasteiger partial charge on any atom is -0.755 e. The van der Waals surface area contributed by atoms with Crippen molar-refractivity contribution in [1.82, 2.24) is 0 Å². The van der Waals surface area contributed by atoms with E-state index in [9.17, 15) is 23.7 Å². The summed E-state index contributed by atoms with van der Waals surface area (Å²) in [7, 11) is 0. The van der Waals surface area contributed by atoms with Crippen molar-refractivity contribution in [2.24, 2.45) is 0 Å². The van der Waals surface area contributed by atoms with E-state index in [-0.39, 0.29) is 22.6 Å². The number of nitro benzene ring substituents is 1. The van der Waals surface area contributed by atoms with Gasteiger partial charge in [-0.05, 0) is 48.5 Å². The number of anilines is 3. The Hall–Kier alpha value is -3.08. The molecule has 3 rings (SSSR count). The van der Waals surface area contributed by atoms with Crippen LogP contribution in [0.1, 0.15) is 10.4 Å². The molecule has 0 aliphatic rings. The van der Waals surface area contributed by atoms with Crippen molar-refractivity contribution >= 4 is 55.9 Å². The molecule has 3 aromatic carbocycles. The number of hydrogen-bond acceptors (Lipinski definition) is 5. The van der Waals surface area contributed by atoms with Crippen molar-refractivity contribution in [3.63, 3.8) is 0 Å². The predicted octanol–water partition coefficient (Wildman–Crippen LogP) is 4.54. The molecule has 1 amide bonds. The molecule has 0 aliphatic carbocycles. The molecular weight excluding hydrogens is 462 g/mol. The first-order valence-electron chi connectivity index (χ1n) is 8.16. The summed E-state index contributed by atoms with van der Waals surface area (Å²) in [6.07, 6.45) is 0. The van der Waals surface area contributed by atoms with Gasteiger partial charge in [-0.25, -0.2) is 0 Å². The topological polar surface area (TPSA) is 116 Å². The van der Waals surface area contributed by atoms with Crippen LogP contribution < -0.4 is 9.62 Å². The molecule has 0 saturated heterocycles. The summed E-state index contributed by atoms with van der Waals surface area (Å²) in [5.41, 5.74) is 0.971. The van der Waals surface area contributed by atoms with Gasteiger partial charge < -0.3 is 9.87 Å². The third kappa shape index (κ3) is 5.05. The smallest absolute Gasteiger partial charge is 0.271 e. The van der Waals surface area contributed by atoms with Gasteiger partial charge in [0.05, 0.1) is 27.6 Å². The monoisotopic (exact) mass is 474 g/mol. The fourth-order valence-corrected chi connectivity index (χ4v) is 3.42. The Kier molecular flexibility index (Phi) is 6.37. The summed E-state index contributed by atoms with van der Waals surface area (Å²) < 4.78 is 25.5. The summed E-state index contributed by atoms with van der Waals surface area (Å²) in [6, 6.07) is 18.2. The predicted molar refractivity (Wildman–Crippen MR) is 113 cm³/mol. The van der Waals surface area contributed by atoms with Gasteiger partial charge in [0.25, 0.3) is 11.6 Å². The maximum atomic E-state index is 12.6. The first-order chi connectivity index (χ1) is 13.8. The van der Waals surface area contributed by atoms with Gasteiger partial charge in [0.2, 0.25) is 0 Å². The first kappa shape index (κ1) is 20.6. The molecule has 0 aromatic heterocycles. The normalized spacial score (nSPS) is 11.5. The van der Waals surface area contributed by atoms with Crippen LogP contribution in [0.3, 0.4) is 0 Å². The Morgan fingerprint density at radius 1 is 1.00 bits per heavy atom. The van der Waals surface area contributed by atoms with Gasteiger partial charge in [0.1, 0.15) is 0 Å². The summed E-state index contributed by atoms with van der Waals surface area (Å²) in [6.45, 7) is 0. The maximum Gasteiger partial charge on any atom is 0.271 e. The van der Waals surface area contributed by atoms with Crippen molar-refractivity contribution in [1.29, 1.82) is 0 Å². The van der Waals surface area contributed by atoms with Crippen molar-refractivity contribution in [2.45, 2.75) is 0 Å². The molecule has 1 N–H and O–H groups in total. The van der Waals surface area contributed by atoms with Gasteiger partial charge in [-0.15, -0.1) is 0 Å². The third-order valence-electron chi connectivity index (χ3n) is 3.87. The standard InChI is InChI=1S/C19H14BrN3O5S/c20-14-7-9-16(10-8-14)22(29(27)28)17-5-1-3-13(11-17)19(24)21-15-4-2-6-18(12-15)23(25)26/h1-12H,(H,21,24)(H,27,28)/p-1. The molecule has 0 heterocycles. The highest BCUT2D eigenvalue weighted by Crippen LogP contribution is 2.29. The number of carbonyl (C=O) groups is 1.